The molecule has 0 radical (unpaired) electrons. The monoisotopic (exact) mass is 343 g/mol. The van der Waals surface area contributed by atoms with Gasteiger partial charge in [-0.2, -0.15) is 0 Å². The van der Waals surface area contributed by atoms with Gasteiger partial charge in [0.05, 0.1) is 18.7 Å². The highest BCUT2D eigenvalue weighted by molar-refractivity contribution is 6.01. The number of carbonyl (C=O) groups is 2. The van der Waals surface area contributed by atoms with Crippen LogP contribution in [0.5, 0.6) is 11.6 Å². The number of fused-ring (bicyclic) bond motifs is 1. The molecule has 0 bridgehead atoms. The second kappa shape index (κ2) is 6.96. The van der Waals surface area contributed by atoms with E-state index in [0.29, 0.717) is 30.2 Å². The standard InChI is InChI=1S/C18H21N3O4/c1-3-10-7-16(22)21-14(10)9-25-18-12-8-15(24-2)13(17(19)23)6-11(12)4-5-20-18/h4-6,8,10,14H,3,7,9H2,1-2H3,(H2,19,23)(H,21,22)/t10-,14?/m1/s1. The number of benzene rings is 1. The zero-order valence-corrected chi connectivity index (χ0v) is 14.2. The summed E-state index contributed by atoms with van der Waals surface area (Å²) in [5.74, 6) is 0.566. The molecule has 1 unspecified atom stereocenters. The Balaban J connectivity index is 1.89. The van der Waals surface area contributed by atoms with Crippen LogP contribution in [0.2, 0.25) is 0 Å². The summed E-state index contributed by atoms with van der Waals surface area (Å²) in [5.41, 5.74) is 5.70. The van der Waals surface area contributed by atoms with E-state index in [-0.39, 0.29) is 17.9 Å². The summed E-state index contributed by atoms with van der Waals surface area (Å²) in [4.78, 5) is 27.4. The van der Waals surface area contributed by atoms with Crippen molar-refractivity contribution in [3.8, 4) is 11.6 Å². The second-order valence-corrected chi connectivity index (χ2v) is 6.11. The van der Waals surface area contributed by atoms with E-state index in [2.05, 4.69) is 17.2 Å². The van der Waals surface area contributed by atoms with Crippen LogP contribution in [0.1, 0.15) is 30.1 Å². The second-order valence-electron chi connectivity index (χ2n) is 6.11. The lowest BCUT2D eigenvalue weighted by Gasteiger charge is -2.18. The number of hydrogen-bond acceptors (Lipinski definition) is 5. The highest BCUT2D eigenvalue weighted by atomic mass is 16.5. The van der Waals surface area contributed by atoms with Crippen molar-refractivity contribution in [2.45, 2.75) is 25.8 Å². The number of nitrogens with two attached hydrogens (primary N) is 1. The largest absolute Gasteiger partial charge is 0.496 e. The Kier molecular flexibility index (Phi) is 4.74. The summed E-state index contributed by atoms with van der Waals surface area (Å²) >= 11 is 0. The summed E-state index contributed by atoms with van der Waals surface area (Å²) in [6, 6.07) is 5.11. The molecule has 7 heteroatoms. The van der Waals surface area contributed by atoms with Crippen molar-refractivity contribution in [3.63, 3.8) is 0 Å². The number of ether oxygens (including phenoxy) is 2. The van der Waals surface area contributed by atoms with E-state index in [0.717, 1.165) is 17.2 Å². The number of rotatable bonds is 6. The van der Waals surface area contributed by atoms with Gasteiger partial charge < -0.3 is 20.5 Å². The van der Waals surface area contributed by atoms with Crippen LogP contribution in [0.3, 0.4) is 0 Å². The molecular weight excluding hydrogens is 322 g/mol. The zero-order chi connectivity index (χ0) is 18.0. The van der Waals surface area contributed by atoms with Crippen LogP contribution in [-0.2, 0) is 4.79 Å². The summed E-state index contributed by atoms with van der Waals surface area (Å²) in [6.07, 6.45) is 3.05. The Morgan fingerprint density at radius 3 is 2.92 bits per heavy atom. The van der Waals surface area contributed by atoms with Crippen molar-refractivity contribution in [1.82, 2.24) is 10.3 Å². The number of amides is 2. The Hall–Kier alpha value is -2.83. The van der Waals surface area contributed by atoms with Crippen molar-refractivity contribution in [3.05, 3.63) is 30.0 Å². The first-order valence-corrected chi connectivity index (χ1v) is 8.22. The topological polar surface area (TPSA) is 104 Å². The van der Waals surface area contributed by atoms with Crippen LogP contribution >= 0.6 is 0 Å². The third-order valence-corrected chi connectivity index (χ3v) is 4.60. The van der Waals surface area contributed by atoms with Gasteiger partial charge >= 0.3 is 0 Å². The van der Waals surface area contributed by atoms with E-state index in [1.807, 2.05) is 0 Å². The van der Waals surface area contributed by atoms with Gasteiger partial charge in [-0.25, -0.2) is 4.98 Å². The molecule has 132 valence electrons. The normalized spacial score (nSPS) is 19.7. The van der Waals surface area contributed by atoms with Gasteiger partial charge in [-0.3, -0.25) is 9.59 Å². The Morgan fingerprint density at radius 1 is 1.44 bits per heavy atom. The molecule has 0 aliphatic carbocycles. The van der Waals surface area contributed by atoms with E-state index in [9.17, 15) is 9.59 Å². The summed E-state index contributed by atoms with van der Waals surface area (Å²) < 4.78 is 11.1. The number of nitrogens with zero attached hydrogens (tertiary/aromatic N) is 1. The SMILES string of the molecule is CC[C@@H]1CC(=O)NC1COc1nccc2cc(C(N)=O)c(OC)cc12. The predicted molar refractivity (Wildman–Crippen MR) is 92.6 cm³/mol. The first-order chi connectivity index (χ1) is 12.0. The minimum Gasteiger partial charge on any atom is -0.496 e. The smallest absolute Gasteiger partial charge is 0.252 e. The fourth-order valence-electron chi connectivity index (χ4n) is 3.19. The average molecular weight is 343 g/mol. The first kappa shape index (κ1) is 17.0. The molecule has 2 heterocycles. The highest BCUT2D eigenvalue weighted by Crippen LogP contribution is 2.31. The van der Waals surface area contributed by atoms with E-state index in [1.54, 1.807) is 24.4 Å². The molecule has 7 nitrogen and oxygen atoms in total. The van der Waals surface area contributed by atoms with Gasteiger partial charge in [-0.1, -0.05) is 13.3 Å². The van der Waals surface area contributed by atoms with Crippen LogP contribution in [0, 0.1) is 5.92 Å². The maximum Gasteiger partial charge on any atom is 0.252 e. The van der Waals surface area contributed by atoms with E-state index in [1.165, 1.54) is 7.11 Å². The average Bonchev–Trinajstić information content (AvgIpc) is 2.98. The van der Waals surface area contributed by atoms with Crippen molar-refractivity contribution in [2.24, 2.45) is 11.7 Å². The molecule has 1 aliphatic heterocycles. The molecule has 3 N–H and O–H groups in total. The Bertz CT molecular complexity index is 821. The van der Waals surface area contributed by atoms with E-state index in [4.69, 9.17) is 15.2 Å². The highest BCUT2D eigenvalue weighted by Gasteiger charge is 2.31. The van der Waals surface area contributed by atoms with Gasteiger partial charge in [0, 0.05) is 18.0 Å². The van der Waals surface area contributed by atoms with E-state index < -0.39 is 5.91 Å². The number of primary amides is 1. The lowest BCUT2D eigenvalue weighted by molar-refractivity contribution is -0.119. The number of carbonyl (C=O) groups excluding carboxylic acids is 2. The van der Waals surface area contributed by atoms with Crippen LogP contribution in [0.15, 0.2) is 24.4 Å². The maximum absolute atomic E-state index is 11.6. The molecule has 0 saturated carbocycles. The predicted octanol–water partition coefficient (Wildman–Crippen LogP) is 1.64. The number of pyridine rings is 1. The number of aromatic nitrogens is 1. The number of methoxy groups -OCH3 is 1. The van der Waals surface area contributed by atoms with Crippen LogP contribution in [0.4, 0.5) is 0 Å². The third kappa shape index (κ3) is 3.35. The summed E-state index contributed by atoms with van der Waals surface area (Å²) in [6.45, 7) is 2.40. The van der Waals surface area contributed by atoms with Crippen LogP contribution in [0.25, 0.3) is 10.8 Å². The first-order valence-electron chi connectivity index (χ1n) is 8.22. The molecule has 0 spiro atoms. The van der Waals surface area contributed by atoms with Gasteiger partial charge in [0.2, 0.25) is 11.8 Å². The molecule has 3 rings (SSSR count). The summed E-state index contributed by atoms with van der Waals surface area (Å²) in [5, 5.41) is 4.45. The Labute approximate surface area is 145 Å². The molecule has 1 aromatic heterocycles. The van der Waals surface area contributed by atoms with Crippen molar-refractivity contribution in [2.75, 3.05) is 13.7 Å². The molecule has 2 amide bonds. The molecule has 1 aromatic carbocycles. The molecule has 1 saturated heterocycles. The zero-order valence-electron chi connectivity index (χ0n) is 14.2. The minimum atomic E-state index is -0.558. The lowest BCUT2D eigenvalue weighted by Crippen LogP contribution is -2.34. The number of nitrogens with one attached hydrogen (secondary N) is 1. The van der Waals surface area contributed by atoms with Gasteiger partial charge in [-0.15, -0.1) is 0 Å². The number of hydrogen-bond donors (Lipinski definition) is 2. The molecule has 1 aliphatic rings. The molecule has 2 atom stereocenters. The molecule has 2 aromatic rings. The van der Waals surface area contributed by atoms with Gasteiger partial charge in [0.15, 0.2) is 0 Å². The van der Waals surface area contributed by atoms with Gasteiger partial charge in [0.1, 0.15) is 12.4 Å². The van der Waals surface area contributed by atoms with Crippen molar-refractivity contribution >= 4 is 22.6 Å². The fourth-order valence-corrected chi connectivity index (χ4v) is 3.19. The fraction of sp³-hybridized carbons (Fsp3) is 0.389. The quantitative estimate of drug-likeness (QED) is 0.830. The van der Waals surface area contributed by atoms with Gasteiger partial charge in [0.25, 0.3) is 5.91 Å². The molecular formula is C18H21N3O4. The maximum atomic E-state index is 11.6. The van der Waals surface area contributed by atoms with Gasteiger partial charge in [-0.05, 0) is 29.5 Å². The van der Waals surface area contributed by atoms with E-state index >= 15 is 0 Å². The molecule has 1 fully saturated rings. The third-order valence-electron chi connectivity index (χ3n) is 4.60. The summed E-state index contributed by atoms with van der Waals surface area (Å²) in [7, 11) is 1.48. The lowest BCUT2D eigenvalue weighted by atomic mass is 9.98. The van der Waals surface area contributed by atoms with Crippen molar-refractivity contribution in [1.29, 1.82) is 0 Å². The van der Waals surface area contributed by atoms with Crippen molar-refractivity contribution < 1.29 is 19.1 Å². The van der Waals surface area contributed by atoms with Crippen LogP contribution in [-0.4, -0.2) is 36.6 Å². The Morgan fingerprint density at radius 2 is 2.24 bits per heavy atom. The molecule has 25 heavy (non-hydrogen) atoms. The minimum absolute atomic E-state index is 0.0265. The van der Waals surface area contributed by atoms with Crippen LogP contribution < -0.4 is 20.5 Å².